The number of nitro benzene ring substituents is 1. The van der Waals surface area contributed by atoms with Gasteiger partial charge in [0.25, 0.3) is 5.69 Å². The molecule has 30 heavy (non-hydrogen) atoms. The fourth-order valence-electron chi connectivity index (χ4n) is 3.01. The van der Waals surface area contributed by atoms with Crippen molar-refractivity contribution in [3.63, 3.8) is 0 Å². The fraction of sp³-hybridized carbons (Fsp3) is 0.238. The largest absolute Gasteiger partial charge is 0.493 e. The summed E-state index contributed by atoms with van der Waals surface area (Å²) in [4.78, 5) is 35.2. The molecule has 3 rings (SSSR count). The van der Waals surface area contributed by atoms with Gasteiger partial charge in [0.15, 0.2) is 11.5 Å². The highest BCUT2D eigenvalue weighted by atomic mass is 16.6. The van der Waals surface area contributed by atoms with Gasteiger partial charge in [0.05, 0.1) is 25.2 Å². The number of carbonyl (C=O) groups is 1. The lowest BCUT2D eigenvalue weighted by Crippen LogP contribution is -2.11. The van der Waals surface area contributed by atoms with Crippen molar-refractivity contribution >= 4 is 22.6 Å². The number of hydrogen-bond donors (Lipinski definition) is 0. The molecule has 1 heterocycles. The molecule has 0 fully saturated rings. The number of hydrogen-bond acceptors (Lipinski definition) is 8. The van der Waals surface area contributed by atoms with Crippen molar-refractivity contribution in [1.29, 1.82) is 0 Å². The normalized spacial score (nSPS) is 10.7. The van der Waals surface area contributed by atoms with Crippen molar-refractivity contribution in [2.24, 2.45) is 0 Å². The van der Waals surface area contributed by atoms with E-state index in [-0.39, 0.29) is 23.7 Å². The molecule has 0 atom stereocenters. The Hall–Kier alpha value is -3.88. The molecule has 0 spiro atoms. The first kappa shape index (κ1) is 20.8. The van der Waals surface area contributed by atoms with Gasteiger partial charge in [-0.25, -0.2) is 9.59 Å². The van der Waals surface area contributed by atoms with Crippen LogP contribution in [0.3, 0.4) is 0 Å². The van der Waals surface area contributed by atoms with Crippen molar-refractivity contribution in [2.75, 3.05) is 14.2 Å². The molecule has 0 unspecified atom stereocenters. The predicted molar refractivity (Wildman–Crippen MR) is 107 cm³/mol. The Bertz CT molecular complexity index is 1210. The van der Waals surface area contributed by atoms with Crippen molar-refractivity contribution in [3.05, 3.63) is 73.1 Å². The van der Waals surface area contributed by atoms with Crippen LogP contribution in [-0.4, -0.2) is 25.1 Å². The van der Waals surface area contributed by atoms with E-state index in [1.807, 2.05) is 19.9 Å². The molecule has 0 amide bonds. The Kier molecular flexibility index (Phi) is 5.72. The van der Waals surface area contributed by atoms with Gasteiger partial charge in [0.1, 0.15) is 17.8 Å². The average molecular weight is 413 g/mol. The van der Waals surface area contributed by atoms with Gasteiger partial charge < -0.3 is 18.6 Å². The zero-order chi connectivity index (χ0) is 22.0. The van der Waals surface area contributed by atoms with Gasteiger partial charge in [-0.1, -0.05) is 0 Å². The average Bonchev–Trinajstić information content (AvgIpc) is 2.71. The molecule has 9 nitrogen and oxygen atoms in total. The molecule has 0 aliphatic heterocycles. The Balaban J connectivity index is 1.97. The summed E-state index contributed by atoms with van der Waals surface area (Å²) in [6.07, 6.45) is 0. The quantitative estimate of drug-likeness (QED) is 0.260. The van der Waals surface area contributed by atoms with Crippen LogP contribution in [0.4, 0.5) is 5.69 Å². The number of ether oxygens (including phenoxy) is 3. The van der Waals surface area contributed by atoms with Gasteiger partial charge in [-0.15, -0.1) is 0 Å². The SMILES string of the molecule is COc1cc(C(=O)OCc2cc(=O)oc3cc(C)c(C)cc23)c([N+](=O)[O-])cc1OC. The number of rotatable bonds is 6. The van der Waals surface area contributed by atoms with E-state index in [0.29, 0.717) is 16.5 Å². The molecule has 0 aliphatic rings. The number of esters is 1. The van der Waals surface area contributed by atoms with E-state index in [0.717, 1.165) is 17.2 Å². The smallest absolute Gasteiger partial charge is 0.345 e. The first-order valence-electron chi connectivity index (χ1n) is 8.86. The van der Waals surface area contributed by atoms with Crippen LogP contribution in [0.2, 0.25) is 0 Å². The fourth-order valence-corrected chi connectivity index (χ4v) is 3.01. The van der Waals surface area contributed by atoms with Gasteiger partial charge in [-0.3, -0.25) is 10.1 Å². The number of carbonyl (C=O) groups excluding carboxylic acids is 1. The predicted octanol–water partition coefficient (Wildman–Crippen LogP) is 3.69. The second-order valence-corrected chi connectivity index (χ2v) is 6.58. The lowest BCUT2D eigenvalue weighted by Gasteiger charge is -2.11. The van der Waals surface area contributed by atoms with Crippen LogP contribution < -0.4 is 15.1 Å². The molecule has 0 aliphatic carbocycles. The van der Waals surface area contributed by atoms with Crippen molar-refractivity contribution in [3.8, 4) is 11.5 Å². The van der Waals surface area contributed by atoms with E-state index in [1.165, 1.54) is 26.4 Å². The summed E-state index contributed by atoms with van der Waals surface area (Å²) >= 11 is 0. The van der Waals surface area contributed by atoms with Gasteiger partial charge in [0, 0.05) is 23.1 Å². The highest BCUT2D eigenvalue weighted by Crippen LogP contribution is 2.35. The summed E-state index contributed by atoms with van der Waals surface area (Å²) < 4.78 is 20.7. The third kappa shape index (κ3) is 3.95. The van der Waals surface area contributed by atoms with Crippen LogP contribution in [0.25, 0.3) is 11.0 Å². The molecule has 0 saturated carbocycles. The van der Waals surface area contributed by atoms with Crippen LogP contribution in [0.5, 0.6) is 11.5 Å². The van der Waals surface area contributed by atoms with E-state index in [1.54, 1.807) is 6.07 Å². The molecular formula is C21H19NO8. The zero-order valence-electron chi connectivity index (χ0n) is 16.8. The minimum Gasteiger partial charge on any atom is -0.493 e. The second kappa shape index (κ2) is 8.24. The molecule has 0 saturated heterocycles. The van der Waals surface area contributed by atoms with Gasteiger partial charge >= 0.3 is 11.6 Å². The van der Waals surface area contributed by atoms with Crippen molar-refractivity contribution < 1.29 is 28.3 Å². The summed E-state index contributed by atoms with van der Waals surface area (Å²) in [6.45, 7) is 3.52. The molecule has 2 aromatic carbocycles. The van der Waals surface area contributed by atoms with E-state index < -0.39 is 22.2 Å². The molecule has 3 aromatic rings. The summed E-state index contributed by atoms with van der Waals surface area (Å²) in [5.74, 6) is -0.682. The minimum absolute atomic E-state index is 0.109. The van der Waals surface area contributed by atoms with E-state index in [2.05, 4.69) is 0 Å². The van der Waals surface area contributed by atoms with Gasteiger partial charge in [0.2, 0.25) is 0 Å². The highest BCUT2D eigenvalue weighted by Gasteiger charge is 2.26. The van der Waals surface area contributed by atoms with Crippen LogP contribution >= 0.6 is 0 Å². The maximum Gasteiger partial charge on any atom is 0.345 e. The number of methoxy groups -OCH3 is 2. The molecule has 0 radical (unpaired) electrons. The van der Waals surface area contributed by atoms with Crippen molar-refractivity contribution in [2.45, 2.75) is 20.5 Å². The summed E-state index contributed by atoms with van der Waals surface area (Å²) in [7, 11) is 2.67. The Morgan fingerprint density at radius 2 is 1.67 bits per heavy atom. The molecule has 0 bridgehead atoms. The lowest BCUT2D eigenvalue weighted by molar-refractivity contribution is -0.385. The Morgan fingerprint density at radius 3 is 2.30 bits per heavy atom. The standard InChI is InChI=1S/C21H19NO8/c1-11-5-14-13(7-20(23)30-17(14)6-12(11)2)10-29-21(24)15-8-18(27-3)19(28-4)9-16(15)22(25)26/h5-9H,10H2,1-4H3. The number of nitro groups is 1. The zero-order valence-corrected chi connectivity index (χ0v) is 16.8. The monoisotopic (exact) mass is 413 g/mol. The lowest BCUT2D eigenvalue weighted by atomic mass is 10.0. The number of fused-ring (bicyclic) bond motifs is 1. The first-order chi connectivity index (χ1) is 14.2. The summed E-state index contributed by atoms with van der Waals surface area (Å²) in [6, 6.07) is 7.07. The van der Waals surface area contributed by atoms with Crippen molar-refractivity contribution in [1.82, 2.24) is 0 Å². The summed E-state index contributed by atoms with van der Waals surface area (Å²) in [5, 5.41) is 12.0. The molecular weight excluding hydrogens is 394 g/mol. The van der Waals surface area contributed by atoms with Crippen LogP contribution in [0, 0.1) is 24.0 Å². The number of aryl methyl sites for hydroxylation is 2. The highest BCUT2D eigenvalue weighted by molar-refractivity contribution is 5.95. The Labute approximate surface area is 170 Å². The molecule has 9 heteroatoms. The second-order valence-electron chi connectivity index (χ2n) is 6.58. The minimum atomic E-state index is -0.937. The van der Waals surface area contributed by atoms with Crippen LogP contribution in [0.1, 0.15) is 27.0 Å². The van der Waals surface area contributed by atoms with Gasteiger partial charge in [-0.2, -0.15) is 0 Å². The van der Waals surface area contributed by atoms with E-state index in [9.17, 15) is 19.7 Å². The van der Waals surface area contributed by atoms with E-state index >= 15 is 0 Å². The molecule has 1 aromatic heterocycles. The van der Waals surface area contributed by atoms with Crippen LogP contribution in [-0.2, 0) is 11.3 Å². The maximum absolute atomic E-state index is 12.6. The third-order valence-electron chi connectivity index (χ3n) is 4.72. The summed E-state index contributed by atoms with van der Waals surface area (Å²) in [5.41, 5.74) is 1.35. The number of benzene rings is 2. The molecule has 0 N–H and O–H groups in total. The first-order valence-corrected chi connectivity index (χ1v) is 8.86. The molecule has 156 valence electrons. The van der Waals surface area contributed by atoms with E-state index in [4.69, 9.17) is 18.6 Å². The topological polar surface area (TPSA) is 118 Å². The Morgan fingerprint density at radius 1 is 1.03 bits per heavy atom. The van der Waals surface area contributed by atoms with Gasteiger partial charge in [-0.05, 0) is 37.1 Å². The maximum atomic E-state index is 12.6. The number of nitrogens with zero attached hydrogens (tertiary/aromatic N) is 1. The third-order valence-corrected chi connectivity index (χ3v) is 4.72. The van der Waals surface area contributed by atoms with Crippen LogP contribution in [0.15, 0.2) is 39.5 Å².